The van der Waals surface area contributed by atoms with Gasteiger partial charge in [0.25, 0.3) is 0 Å². The van der Waals surface area contributed by atoms with Crippen LogP contribution in [0.1, 0.15) is 11.1 Å². The van der Waals surface area contributed by atoms with Crippen molar-refractivity contribution in [3.8, 4) is 17.0 Å². The quantitative estimate of drug-likeness (QED) is 0.243. The highest BCUT2D eigenvalue weighted by Gasteiger charge is 2.11. The Bertz CT molecular complexity index is 1500. The van der Waals surface area contributed by atoms with Gasteiger partial charge in [-0.25, -0.2) is 9.97 Å². The molecule has 0 aliphatic carbocycles. The third-order valence-electron chi connectivity index (χ3n) is 6.01. The molecule has 38 heavy (non-hydrogen) atoms. The van der Waals surface area contributed by atoms with Crippen molar-refractivity contribution in [2.24, 2.45) is 0 Å². The van der Waals surface area contributed by atoms with Gasteiger partial charge in [-0.05, 0) is 61.1 Å². The maximum atomic E-state index is 11.9. The monoisotopic (exact) mass is 506 g/mol. The number of hydrogen-bond donors (Lipinski definition) is 3. The van der Waals surface area contributed by atoms with Crippen LogP contribution in [0.3, 0.4) is 0 Å². The number of H-pyrrole nitrogens is 1. The lowest BCUT2D eigenvalue weighted by Crippen LogP contribution is -2.32. The molecule has 0 saturated heterocycles. The summed E-state index contributed by atoms with van der Waals surface area (Å²) >= 11 is 0. The van der Waals surface area contributed by atoms with Crippen LogP contribution in [0.5, 0.6) is 5.75 Å². The predicted molar refractivity (Wildman–Crippen MR) is 150 cm³/mol. The first-order chi connectivity index (χ1) is 18.5. The van der Waals surface area contributed by atoms with Crippen LogP contribution in [0, 0.1) is 0 Å². The van der Waals surface area contributed by atoms with E-state index < -0.39 is 0 Å². The molecular formula is C30H30N6O2. The molecule has 8 nitrogen and oxygen atoms in total. The Morgan fingerprint density at radius 3 is 2.42 bits per heavy atom. The number of likely N-dealkylation sites (N-methyl/N-ethyl adjacent to an activating group) is 1. The second kappa shape index (κ2) is 11.6. The molecule has 0 unspecified atom stereocenters. The van der Waals surface area contributed by atoms with Gasteiger partial charge in [-0.3, -0.25) is 4.79 Å². The van der Waals surface area contributed by atoms with Gasteiger partial charge in [0.2, 0.25) is 5.91 Å². The number of aromatic amines is 1. The predicted octanol–water partition coefficient (Wildman–Crippen LogP) is 5.13. The van der Waals surface area contributed by atoms with Gasteiger partial charge >= 0.3 is 0 Å². The van der Waals surface area contributed by atoms with Gasteiger partial charge in [-0.2, -0.15) is 0 Å². The van der Waals surface area contributed by atoms with Crippen LogP contribution in [0.25, 0.3) is 22.3 Å². The summed E-state index contributed by atoms with van der Waals surface area (Å²) in [7, 11) is 3.75. The molecule has 2 heterocycles. The van der Waals surface area contributed by atoms with Crippen LogP contribution in [0.15, 0.2) is 91.3 Å². The molecule has 5 aromatic rings. The number of fused-ring (bicyclic) bond motifs is 1. The second-order valence-corrected chi connectivity index (χ2v) is 9.30. The zero-order chi connectivity index (χ0) is 26.3. The Morgan fingerprint density at radius 2 is 1.68 bits per heavy atom. The third kappa shape index (κ3) is 6.35. The van der Waals surface area contributed by atoms with Crippen molar-refractivity contribution in [2.45, 2.75) is 13.2 Å². The van der Waals surface area contributed by atoms with E-state index in [4.69, 9.17) is 4.74 Å². The molecule has 8 heteroatoms. The number of amides is 1. The van der Waals surface area contributed by atoms with Crippen molar-refractivity contribution in [1.82, 2.24) is 25.2 Å². The van der Waals surface area contributed by atoms with Gasteiger partial charge in [-0.15, -0.1) is 0 Å². The second-order valence-electron chi connectivity index (χ2n) is 9.30. The van der Waals surface area contributed by atoms with Crippen LogP contribution in [-0.2, 0) is 17.9 Å². The number of carbonyl (C=O) groups excluding carboxylic acids is 1. The lowest BCUT2D eigenvalue weighted by Gasteiger charge is -2.10. The summed E-state index contributed by atoms with van der Waals surface area (Å²) in [5.41, 5.74) is 5.78. The van der Waals surface area contributed by atoms with E-state index in [1.54, 1.807) is 6.33 Å². The minimum Gasteiger partial charge on any atom is -0.489 e. The van der Waals surface area contributed by atoms with Crippen molar-refractivity contribution in [1.29, 1.82) is 0 Å². The normalized spacial score (nSPS) is 11.0. The molecule has 2 aromatic heterocycles. The van der Waals surface area contributed by atoms with E-state index in [1.165, 1.54) is 0 Å². The minimum absolute atomic E-state index is 0.00245. The van der Waals surface area contributed by atoms with Gasteiger partial charge in [-0.1, -0.05) is 54.6 Å². The SMILES string of the molecule is CN(C)CC(=O)NCc1ccc(-c2cc3c(Nc4ccc(OCc5ccccc5)cc4)ncnc3[nH]2)cc1. The summed E-state index contributed by atoms with van der Waals surface area (Å²) in [6, 6.07) is 28.1. The van der Waals surface area contributed by atoms with E-state index in [-0.39, 0.29) is 5.91 Å². The van der Waals surface area contributed by atoms with Crippen molar-refractivity contribution < 1.29 is 9.53 Å². The number of nitrogens with zero attached hydrogens (tertiary/aromatic N) is 3. The molecule has 0 atom stereocenters. The first kappa shape index (κ1) is 25.0. The Balaban J connectivity index is 1.24. The molecule has 0 fully saturated rings. The fourth-order valence-electron chi connectivity index (χ4n) is 4.05. The van der Waals surface area contributed by atoms with E-state index in [0.29, 0.717) is 19.7 Å². The minimum atomic E-state index is 0.00245. The molecule has 0 saturated carbocycles. The molecule has 3 N–H and O–H groups in total. The maximum Gasteiger partial charge on any atom is 0.234 e. The number of benzene rings is 3. The van der Waals surface area contributed by atoms with E-state index in [0.717, 1.165) is 50.7 Å². The number of rotatable bonds is 10. The summed E-state index contributed by atoms with van der Waals surface area (Å²) in [4.78, 5) is 26.0. The number of carbonyl (C=O) groups is 1. The Kier molecular flexibility index (Phi) is 7.61. The van der Waals surface area contributed by atoms with Crippen molar-refractivity contribution >= 4 is 28.4 Å². The number of aromatic nitrogens is 3. The average Bonchev–Trinajstić information content (AvgIpc) is 3.38. The molecular weight excluding hydrogens is 476 g/mol. The third-order valence-corrected chi connectivity index (χ3v) is 6.01. The van der Waals surface area contributed by atoms with Crippen LogP contribution in [-0.4, -0.2) is 46.4 Å². The summed E-state index contributed by atoms with van der Waals surface area (Å²) in [5, 5.41) is 7.22. The Hall–Kier alpha value is -4.69. The summed E-state index contributed by atoms with van der Waals surface area (Å²) in [6.45, 7) is 1.39. The summed E-state index contributed by atoms with van der Waals surface area (Å²) in [6.07, 6.45) is 1.54. The van der Waals surface area contributed by atoms with E-state index in [9.17, 15) is 4.79 Å². The van der Waals surface area contributed by atoms with Gasteiger partial charge in [0.05, 0.1) is 11.9 Å². The zero-order valence-electron chi connectivity index (χ0n) is 21.4. The van der Waals surface area contributed by atoms with Crippen LogP contribution in [0.4, 0.5) is 11.5 Å². The topological polar surface area (TPSA) is 95.2 Å². The largest absolute Gasteiger partial charge is 0.489 e. The van der Waals surface area contributed by atoms with Gasteiger partial charge in [0.1, 0.15) is 30.1 Å². The lowest BCUT2D eigenvalue weighted by atomic mass is 10.1. The summed E-state index contributed by atoms with van der Waals surface area (Å²) < 4.78 is 5.89. The smallest absolute Gasteiger partial charge is 0.234 e. The van der Waals surface area contributed by atoms with E-state index >= 15 is 0 Å². The first-order valence-electron chi connectivity index (χ1n) is 12.4. The van der Waals surface area contributed by atoms with Crippen molar-refractivity contribution in [3.05, 3.63) is 102 Å². The fourth-order valence-corrected chi connectivity index (χ4v) is 4.05. The lowest BCUT2D eigenvalue weighted by molar-refractivity contribution is -0.121. The van der Waals surface area contributed by atoms with Gasteiger partial charge in [0, 0.05) is 17.9 Å². The molecule has 3 aromatic carbocycles. The van der Waals surface area contributed by atoms with Gasteiger partial charge < -0.3 is 25.3 Å². The average molecular weight is 507 g/mol. The van der Waals surface area contributed by atoms with Crippen molar-refractivity contribution in [3.63, 3.8) is 0 Å². The number of nitrogens with one attached hydrogen (secondary N) is 3. The van der Waals surface area contributed by atoms with Crippen LogP contribution >= 0.6 is 0 Å². The zero-order valence-corrected chi connectivity index (χ0v) is 21.4. The van der Waals surface area contributed by atoms with Crippen LogP contribution < -0.4 is 15.4 Å². The van der Waals surface area contributed by atoms with E-state index in [2.05, 4.69) is 25.6 Å². The number of anilines is 2. The fraction of sp³-hybridized carbons (Fsp3) is 0.167. The standard InChI is InChI=1S/C30H30N6O2/c1-36(2)18-28(37)31-17-21-8-10-23(11-9-21)27-16-26-29(32-20-33-30(26)35-27)34-24-12-14-25(15-13-24)38-19-22-6-4-3-5-7-22/h3-16,20H,17-19H2,1-2H3,(H,31,37)(H2,32,33,34,35). The Labute approximate surface area is 221 Å². The number of ether oxygens (including phenoxy) is 1. The number of hydrogen-bond acceptors (Lipinski definition) is 6. The highest BCUT2D eigenvalue weighted by Crippen LogP contribution is 2.29. The highest BCUT2D eigenvalue weighted by atomic mass is 16.5. The maximum absolute atomic E-state index is 11.9. The molecule has 192 valence electrons. The van der Waals surface area contributed by atoms with Crippen molar-refractivity contribution in [2.75, 3.05) is 26.0 Å². The molecule has 0 aliphatic heterocycles. The first-order valence-corrected chi connectivity index (χ1v) is 12.4. The summed E-state index contributed by atoms with van der Waals surface area (Å²) in [5.74, 6) is 1.52. The molecule has 0 radical (unpaired) electrons. The molecule has 0 aliphatic rings. The van der Waals surface area contributed by atoms with Crippen LogP contribution in [0.2, 0.25) is 0 Å². The molecule has 5 rings (SSSR count). The highest BCUT2D eigenvalue weighted by molar-refractivity contribution is 5.93. The molecule has 0 spiro atoms. The Morgan fingerprint density at radius 1 is 0.921 bits per heavy atom. The molecule has 1 amide bonds. The van der Waals surface area contributed by atoms with Gasteiger partial charge in [0.15, 0.2) is 0 Å². The van der Waals surface area contributed by atoms with E-state index in [1.807, 2.05) is 104 Å². The molecule has 0 bridgehead atoms.